The Morgan fingerprint density at radius 2 is 1.26 bits per heavy atom. The molecular weight excluding hydrogens is 793 g/mol. The molecule has 65 heavy (non-hydrogen) atoms. The maximum atomic E-state index is 12.0. The number of aromatic nitrogens is 1. The molecule has 9 aromatic rings. The topological polar surface area (TPSA) is 38.4 Å². The lowest BCUT2D eigenvalue weighted by molar-refractivity contribution is -0.104. The number of hydrogen-bond donors (Lipinski definition) is 0. The van der Waals surface area contributed by atoms with Crippen molar-refractivity contribution >= 4 is 63.7 Å². The van der Waals surface area contributed by atoms with Gasteiger partial charge in [0.1, 0.15) is 17.6 Å². The minimum Gasteiger partial charge on any atom is -0.456 e. The minimum atomic E-state index is -0.131. The third-order valence-electron chi connectivity index (χ3n) is 13.9. The summed E-state index contributed by atoms with van der Waals surface area (Å²) < 4.78 is 8.79. The Morgan fingerprint density at radius 3 is 1.94 bits per heavy atom. The Labute approximate surface area is 379 Å². The van der Waals surface area contributed by atoms with Gasteiger partial charge in [-0.05, 0) is 137 Å². The first kappa shape index (κ1) is 38.7. The van der Waals surface area contributed by atoms with E-state index in [9.17, 15) is 4.79 Å². The maximum Gasteiger partial charge on any atom is 0.143 e. The normalized spacial score (nSPS) is 17.0. The van der Waals surface area contributed by atoms with Gasteiger partial charge in [0, 0.05) is 55.3 Å². The van der Waals surface area contributed by atoms with Crippen LogP contribution < -0.4 is 15.5 Å². The molecule has 0 amide bonds. The lowest BCUT2D eigenvalue weighted by Crippen LogP contribution is -2.33. The molecule has 2 atom stereocenters. The summed E-state index contributed by atoms with van der Waals surface area (Å²) in [6.45, 7) is 4.77. The molecule has 0 saturated heterocycles. The highest BCUT2D eigenvalue weighted by Gasteiger charge is 2.45. The van der Waals surface area contributed by atoms with Crippen molar-refractivity contribution in [2.75, 3.05) is 4.90 Å². The minimum absolute atomic E-state index is 0.131. The third-order valence-corrected chi connectivity index (χ3v) is 13.9. The van der Waals surface area contributed by atoms with Crippen LogP contribution in [0, 0.1) is 5.92 Å². The number of rotatable bonds is 9. The van der Waals surface area contributed by atoms with E-state index in [-0.39, 0.29) is 5.41 Å². The van der Waals surface area contributed by atoms with Crippen molar-refractivity contribution in [3.63, 3.8) is 0 Å². The van der Waals surface area contributed by atoms with Crippen LogP contribution in [0.3, 0.4) is 0 Å². The molecule has 12 rings (SSSR count). The highest BCUT2D eigenvalue weighted by Crippen LogP contribution is 2.52. The van der Waals surface area contributed by atoms with Crippen molar-refractivity contribution in [2.45, 2.75) is 32.1 Å². The van der Waals surface area contributed by atoms with Crippen LogP contribution in [0.2, 0.25) is 0 Å². The summed E-state index contributed by atoms with van der Waals surface area (Å²) in [5, 5.41) is 3.72. The highest BCUT2D eigenvalue weighted by molar-refractivity contribution is 5.93. The van der Waals surface area contributed by atoms with Crippen molar-refractivity contribution in [3.05, 3.63) is 232 Å². The molecular formula is C61H46N2O2. The quantitative estimate of drug-likeness (QED) is 0.107. The summed E-state index contributed by atoms with van der Waals surface area (Å²) in [7, 11) is 0. The molecule has 312 valence electrons. The van der Waals surface area contributed by atoms with Crippen molar-refractivity contribution in [3.8, 4) is 27.9 Å². The summed E-state index contributed by atoms with van der Waals surface area (Å²) in [4.78, 5) is 14.3. The van der Waals surface area contributed by atoms with E-state index in [0.29, 0.717) is 11.7 Å². The molecule has 1 aliphatic heterocycles. The van der Waals surface area contributed by atoms with E-state index in [1.165, 1.54) is 60.9 Å². The van der Waals surface area contributed by atoms with Gasteiger partial charge in [-0.2, -0.15) is 0 Å². The number of benzene rings is 7. The second kappa shape index (κ2) is 15.4. The number of carbonyl (C=O) groups is 1. The van der Waals surface area contributed by atoms with E-state index >= 15 is 0 Å². The standard InChI is InChI=1S/C61H46N2O2/c1-40-16-33-53-54-37-48(39-61(2)55-13-7-8-14-56(55)63(60(54)61)57(53)36-40)45-23-29-50(30-24-45)62(49-27-21-44(22-28-49)43-19-17-42(18-20-43)41-10-4-3-5-11-41)51-31-25-46(26-32-51)52(34-35-64)59-38-47-12-6-9-15-58(47)65-59/h3-15,17-38,40H,16,39H2,1-2H3/b52-34-. The monoisotopic (exact) mass is 838 g/mol. The van der Waals surface area contributed by atoms with Crippen molar-refractivity contribution in [2.24, 2.45) is 5.92 Å². The zero-order valence-corrected chi connectivity index (χ0v) is 36.4. The summed E-state index contributed by atoms with van der Waals surface area (Å²) in [6.07, 6.45) is 11.8. The average Bonchev–Trinajstić information content (AvgIpc) is 4.02. The Hall–Kier alpha value is -7.95. The molecule has 2 aliphatic carbocycles. The second-order valence-corrected chi connectivity index (χ2v) is 18.0. The maximum absolute atomic E-state index is 12.0. The molecule has 0 spiro atoms. The number of allylic oxidation sites excluding steroid dienone is 2. The van der Waals surface area contributed by atoms with Crippen LogP contribution in [0.25, 0.3) is 68.3 Å². The zero-order valence-electron chi connectivity index (χ0n) is 36.4. The number of para-hydroxylation sites is 2. The largest absolute Gasteiger partial charge is 0.456 e. The summed E-state index contributed by atoms with van der Waals surface area (Å²) >= 11 is 0. The summed E-state index contributed by atoms with van der Waals surface area (Å²) in [5.41, 5.74) is 18.2. The number of carbonyl (C=O) groups excluding carboxylic acids is 1. The van der Waals surface area contributed by atoms with Gasteiger partial charge in [-0.3, -0.25) is 4.79 Å². The van der Waals surface area contributed by atoms with Gasteiger partial charge in [-0.15, -0.1) is 0 Å². The van der Waals surface area contributed by atoms with E-state index < -0.39 is 0 Å². The summed E-state index contributed by atoms with van der Waals surface area (Å²) in [5.74, 6) is 1.17. The molecule has 3 heterocycles. The van der Waals surface area contributed by atoms with Crippen LogP contribution in [-0.2, 0) is 10.2 Å². The van der Waals surface area contributed by atoms with Gasteiger partial charge in [0.15, 0.2) is 0 Å². The predicted octanol–water partition coefficient (Wildman–Crippen LogP) is 13.8. The molecule has 0 radical (unpaired) electrons. The first-order valence-corrected chi connectivity index (χ1v) is 22.6. The van der Waals surface area contributed by atoms with Crippen molar-refractivity contribution in [1.29, 1.82) is 0 Å². The van der Waals surface area contributed by atoms with Crippen LogP contribution in [0.1, 0.15) is 60.4 Å². The molecule has 0 fully saturated rings. The first-order chi connectivity index (χ1) is 31.9. The number of fused-ring (bicyclic) bond motifs is 7. The van der Waals surface area contributed by atoms with Crippen LogP contribution in [0.15, 0.2) is 192 Å². The average molecular weight is 839 g/mol. The Kier molecular flexibility index (Phi) is 9.17. The first-order valence-electron chi connectivity index (χ1n) is 22.6. The van der Waals surface area contributed by atoms with Crippen LogP contribution in [0.4, 0.5) is 17.1 Å². The molecule has 3 aliphatic rings. The molecule has 0 saturated carbocycles. The van der Waals surface area contributed by atoms with Gasteiger partial charge in [0.25, 0.3) is 0 Å². The lowest BCUT2D eigenvalue weighted by Gasteiger charge is -2.32. The SMILES string of the molecule is CC1C=c2c(c3c4n2-c2ccccc2C4(C)CC(c2ccc(N(c4ccc(/C(=C/C=O)c5cc6ccccc6o5)cc4)c4ccc(-c5ccc(-c6ccccc6)cc5)cc4)cc2)=C3)=CC1. The van der Waals surface area contributed by atoms with Gasteiger partial charge in [-0.25, -0.2) is 0 Å². The Balaban J connectivity index is 0.919. The van der Waals surface area contributed by atoms with E-state index in [4.69, 9.17) is 4.42 Å². The van der Waals surface area contributed by atoms with Gasteiger partial charge >= 0.3 is 0 Å². The number of nitrogens with zero attached hydrogens (tertiary/aromatic N) is 2. The molecule has 0 N–H and O–H groups in total. The van der Waals surface area contributed by atoms with Crippen molar-refractivity contribution in [1.82, 2.24) is 4.57 Å². The fourth-order valence-corrected chi connectivity index (χ4v) is 10.7. The molecule has 2 unspecified atom stereocenters. The van der Waals surface area contributed by atoms with Gasteiger partial charge in [0.2, 0.25) is 0 Å². The van der Waals surface area contributed by atoms with E-state index in [1.807, 2.05) is 30.3 Å². The van der Waals surface area contributed by atoms with Crippen LogP contribution in [0.5, 0.6) is 0 Å². The molecule has 4 heteroatoms. The molecule has 2 aromatic heterocycles. The van der Waals surface area contributed by atoms with E-state index in [1.54, 1.807) is 6.08 Å². The highest BCUT2D eigenvalue weighted by atomic mass is 16.3. The van der Waals surface area contributed by atoms with Gasteiger partial charge < -0.3 is 13.9 Å². The zero-order chi connectivity index (χ0) is 43.6. The number of hydrogen-bond acceptors (Lipinski definition) is 3. The van der Waals surface area contributed by atoms with Crippen LogP contribution in [-0.4, -0.2) is 10.9 Å². The predicted molar refractivity (Wildman–Crippen MR) is 268 cm³/mol. The lowest BCUT2D eigenvalue weighted by atomic mass is 9.70. The Bertz CT molecular complexity index is 3460. The smallest absolute Gasteiger partial charge is 0.143 e. The third kappa shape index (κ3) is 6.47. The van der Waals surface area contributed by atoms with Crippen LogP contribution >= 0.6 is 0 Å². The number of aldehydes is 1. The van der Waals surface area contributed by atoms with E-state index in [0.717, 1.165) is 63.9 Å². The molecule has 4 nitrogen and oxygen atoms in total. The Morgan fingerprint density at radius 1 is 0.677 bits per heavy atom. The fourth-order valence-electron chi connectivity index (χ4n) is 10.7. The molecule has 0 bridgehead atoms. The number of furan rings is 1. The summed E-state index contributed by atoms with van der Waals surface area (Å²) in [6, 6.07) is 64.6. The van der Waals surface area contributed by atoms with Crippen molar-refractivity contribution < 1.29 is 9.21 Å². The fraction of sp³-hybridized carbons (Fsp3) is 0.0984. The molecule has 7 aromatic carbocycles. The van der Waals surface area contributed by atoms with Gasteiger partial charge in [-0.1, -0.05) is 146 Å². The van der Waals surface area contributed by atoms with E-state index in [2.05, 4.69) is 193 Å². The number of anilines is 3. The second-order valence-electron chi connectivity index (χ2n) is 18.0. The van der Waals surface area contributed by atoms with Gasteiger partial charge in [0.05, 0.1) is 5.69 Å².